The highest BCUT2D eigenvalue weighted by molar-refractivity contribution is 8.18. The molecule has 1 aliphatic rings. The highest BCUT2D eigenvalue weighted by Crippen LogP contribution is 2.25. The molecule has 88 valence electrons. The largest absolute Gasteiger partial charge is 0.301 e. The standard InChI is InChI=1S/C13H14N2OS/c1-3-14-13-15-12(16)11(17-13)8-10-6-4-9(2)5-7-10/h4-8H,3H2,1-2H3,(H,14,15,16)/b11-8-. The summed E-state index contributed by atoms with van der Waals surface area (Å²) >= 11 is 1.39. The number of hydrogen-bond acceptors (Lipinski definition) is 3. The summed E-state index contributed by atoms with van der Waals surface area (Å²) in [5.41, 5.74) is 2.25. The van der Waals surface area contributed by atoms with Crippen molar-refractivity contribution in [3.63, 3.8) is 0 Å². The van der Waals surface area contributed by atoms with Crippen LogP contribution >= 0.6 is 11.8 Å². The van der Waals surface area contributed by atoms with Crippen LogP contribution < -0.4 is 5.32 Å². The molecule has 1 saturated heterocycles. The van der Waals surface area contributed by atoms with Gasteiger partial charge in [0.15, 0.2) is 5.17 Å². The first-order valence-corrected chi connectivity index (χ1v) is 6.32. The van der Waals surface area contributed by atoms with Crippen molar-refractivity contribution in [1.82, 2.24) is 5.32 Å². The zero-order valence-electron chi connectivity index (χ0n) is 9.86. The molecule has 1 fully saturated rings. The molecule has 17 heavy (non-hydrogen) atoms. The molecule has 0 atom stereocenters. The number of nitrogens with one attached hydrogen (secondary N) is 1. The van der Waals surface area contributed by atoms with E-state index < -0.39 is 0 Å². The van der Waals surface area contributed by atoms with Gasteiger partial charge in [0.25, 0.3) is 5.91 Å². The smallest absolute Gasteiger partial charge is 0.264 e. The molecule has 2 rings (SSSR count). The number of aliphatic imine (C=N–C) groups is 1. The van der Waals surface area contributed by atoms with Gasteiger partial charge in [-0.2, -0.15) is 0 Å². The highest BCUT2D eigenvalue weighted by Gasteiger charge is 2.22. The summed E-state index contributed by atoms with van der Waals surface area (Å²) in [6, 6.07) is 8.08. The zero-order valence-corrected chi connectivity index (χ0v) is 10.7. The van der Waals surface area contributed by atoms with Crippen LogP contribution in [-0.2, 0) is 4.79 Å². The Kier molecular flexibility index (Phi) is 3.64. The second kappa shape index (κ2) is 5.19. The van der Waals surface area contributed by atoms with E-state index >= 15 is 0 Å². The van der Waals surface area contributed by atoms with Crippen LogP contribution in [0.25, 0.3) is 6.08 Å². The number of aryl methyl sites for hydroxylation is 1. The van der Waals surface area contributed by atoms with Crippen LogP contribution in [0.1, 0.15) is 18.1 Å². The first-order chi connectivity index (χ1) is 8.19. The molecule has 3 nitrogen and oxygen atoms in total. The predicted octanol–water partition coefficient (Wildman–Crippen LogP) is 2.57. The number of nitrogens with zero attached hydrogens (tertiary/aromatic N) is 1. The minimum absolute atomic E-state index is 0.0669. The van der Waals surface area contributed by atoms with Crippen molar-refractivity contribution in [3.05, 3.63) is 40.3 Å². The van der Waals surface area contributed by atoms with Gasteiger partial charge in [-0.25, -0.2) is 0 Å². The summed E-state index contributed by atoms with van der Waals surface area (Å²) in [6.07, 6.45) is 1.89. The molecule has 1 amide bonds. The highest BCUT2D eigenvalue weighted by atomic mass is 32.2. The van der Waals surface area contributed by atoms with Gasteiger partial charge in [0.05, 0.1) is 4.91 Å². The Morgan fingerprint density at radius 1 is 1.35 bits per heavy atom. The first-order valence-electron chi connectivity index (χ1n) is 5.51. The molecular weight excluding hydrogens is 232 g/mol. The van der Waals surface area contributed by atoms with Gasteiger partial charge in [0.2, 0.25) is 0 Å². The van der Waals surface area contributed by atoms with E-state index in [2.05, 4.69) is 10.3 Å². The number of carbonyl (C=O) groups excluding carboxylic acids is 1. The molecular formula is C13H14N2OS. The summed E-state index contributed by atoms with van der Waals surface area (Å²) < 4.78 is 0. The normalized spacial score (nSPS) is 20.0. The van der Waals surface area contributed by atoms with Gasteiger partial charge in [-0.3, -0.25) is 9.79 Å². The predicted molar refractivity (Wildman–Crippen MR) is 72.9 cm³/mol. The van der Waals surface area contributed by atoms with E-state index in [1.54, 1.807) is 0 Å². The summed E-state index contributed by atoms with van der Waals surface area (Å²) in [6.45, 7) is 4.67. The van der Waals surface area contributed by atoms with Crippen molar-refractivity contribution in [2.24, 2.45) is 4.99 Å². The van der Waals surface area contributed by atoms with Crippen molar-refractivity contribution in [1.29, 1.82) is 0 Å². The lowest BCUT2D eigenvalue weighted by molar-refractivity contribution is -0.115. The molecule has 1 heterocycles. The van der Waals surface area contributed by atoms with E-state index in [1.807, 2.05) is 44.2 Å². The fourth-order valence-electron chi connectivity index (χ4n) is 1.46. The maximum atomic E-state index is 11.6. The van der Waals surface area contributed by atoms with Gasteiger partial charge in [-0.1, -0.05) is 29.8 Å². The van der Waals surface area contributed by atoms with Gasteiger partial charge in [0.1, 0.15) is 0 Å². The average molecular weight is 246 g/mol. The van der Waals surface area contributed by atoms with Crippen LogP contribution in [0.3, 0.4) is 0 Å². The number of rotatable bonds is 2. The molecule has 0 saturated carbocycles. The molecule has 1 N–H and O–H groups in total. The number of hydrogen-bond donors (Lipinski definition) is 1. The summed E-state index contributed by atoms with van der Waals surface area (Å²) in [7, 11) is 0. The van der Waals surface area contributed by atoms with Crippen LogP contribution in [0, 0.1) is 6.92 Å². The lowest BCUT2D eigenvalue weighted by Gasteiger charge is -1.95. The molecule has 0 spiro atoms. The van der Waals surface area contributed by atoms with Crippen molar-refractivity contribution in [3.8, 4) is 0 Å². The van der Waals surface area contributed by atoms with Crippen LogP contribution in [0.5, 0.6) is 0 Å². The third-order valence-corrected chi connectivity index (χ3v) is 3.28. The Bertz CT molecular complexity index is 489. The average Bonchev–Trinajstić information content (AvgIpc) is 2.63. The number of thioether (sulfide) groups is 1. The maximum Gasteiger partial charge on any atom is 0.264 e. The van der Waals surface area contributed by atoms with E-state index in [0.717, 1.165) is 5.56 Å². The van der Waals surface area contributed by atoms with E-state index in [9.17, 15) is 4.79 Å². The third-order valence-electron chi connectivity index (χ3n) is 2.33. The monoisotopic (exact) mass is 246 g/mol. The van der Waals surface area contributed by atoms with Crippen molar-refractivity contribution in [2.45, 2.75) is 13.8 Å². The van der Waals surface area contributed by atoms with Crippen molar-refractivity contribution in [2.75, 3.05) is 6.54 Å². The molecule has 4 heteroatoms. The zero-order chi connectivity index (χ0) is 12.3. The van der Waals surface area contributed by atoms with Crippen molar-refractivity contribution < 1.29 is 4.79 Å². The summed E-state index contributed by atoms with van der Waals surface area (Å²) in [5, 5.41) is 3.43. The Balaban J connectivity index is 2.20. The second-order valence-electron chi connectivity index (χ2n) is 3.75. The first kappa shape index (κ1) is 11.9. The minimum Gasteiger partial charge on any atom is -0.301 e. The SMILES string of the molecule is CCN=C1NC(=O)/C(=C/c2ccc(C)cc2)S1. The minimum atomic E-state index is -0.0669. The van der Waals surface area contributed by atoms with E-state index in [0.29, 0.717) is 16.6 Å². The molecule has 0 bridgehead atoms. The summed E-state index contributed by atoms with van der Waals surface area (Å²) in [5.74, 6) is -0.0669. The fraction of sp³-hybridized carbons (Fsp3) is 0.231. The molecule has 1 aliphatic heterocycles. The maximum absolute atomic E-state index is 11.6. The molecule has 0 radical (unpaired) electrons. The van der Waals surface area contributed by atoms with Crippen LogP contribution in [0.4, 0.5) is 0 Å². The quantitative estimate of drug-likeness (QED) is 0.815. The van der Waals surface area contributed by atoms with E-state index in [1.165, 1.54) is 17.3 Å². The molecule has 0 aliphatic carbocycles. The van der Waals surface area contributed by atoms with Crippen LogP contribution in [-0.4, -0.2) is 17.6 Å². The van der Waals surface area contributed by atoms with Gasteiger partial charge < -0.3 is 5.32 Å². The Hall–Kier alpha value is -1.55. The van der Waals surface area contributed by atoms with Crippen LogP contribution in [0.15, 0.2) is 34.2 Å². The van der Waals surface area contributed by atoms with Gasteiger partial charge in [-0.05, 0) is 37.2 Å². The fourth-order valence-corrected chi connectivity index (χ4v) is 2.34. The van der Waals surface area contributed by atoms with Crippen molar-refractivity contribution >= 4 is 28.9 Å². The summed E-state index contributed by atoms with van der Waals surface area (Å²) in [4.78, 5) is 16.5. The topological polar surface area (TPSA) is 41.5 Å². The molecule has 0 unspecified atom stereocenters. The lowest BCUT2D eigenvalue weighted by Crippen LogP contribution is -2.19. The lowest BCUT2D eigenvalue weighted by atomic mass is 10.1. The van der Waals surface area contributed by atoms with Gasteiger partial charge in [-0.15, -0.1) is 0 Å². The Labute approximate surface area is 105 Å². The molecule has 1 aromatic rings. The molecule has 0 aromatic heterocycles. The van der Waals surface area contributed by atoms with Crippen LogP contribution in [0.2, 0.25) is 0 Å². The van der Waals surface area contributed by atoms with Gasteiger partial charge >= 0.3 is 0 Å². The Morgan fingerprint density at radius 2 is 2.06 bits per heavy atom. The number of benzene rings is 1. The Morgan fingerprint density at radius 3 is 2.71 bits per heavy atom. The number of amidine groups is 1. The van der Waals surface area contributed by atoms with E-state index in [4.69, 9.17) is 0 Å². The van der Waals surface area contributed by atoms with E-state index in [-0.39, 0.29) is 5.91 Å². The number of amides is 1. The van der Waals surface area contributed by atoms with Gasteiger partial charge in [0, 0.05) is 6.54 Å². The number of carbonyl (C=O) groups is 1. The molecule has 1 aromatic carbocycles. The third kappa shape index (κ3) is 2.97. The second-order valence-corrected chi connectivity index (χ2v) is 4.79.